The van der Waals surface area contributed by atoms with E-state index in [4.69, 9.17) is 9.29 Å². The molecule has 0 atom stereocenters. The molecule has 0 heterocycles. The number of aryl methyl sites for hydroxylation is 1. The third kappa shape index (κ3) is 2.86. The number of hydrogen-bond donors (Lipinski definition) is 1. The second kappa shape index (κ2) is 4.76. The van der Waals surface area contributed by atoms with Gasteiger partial charge in [-0.25, -0.2) is 0 Å². The van der Waals surface area contributed by atoms with Crippen LogP contribution in [0.5, 0.6) is 0 Å². The molecule has 0 radical (unpaired) electrons. The summed E-state index contributed by atoms with van der Waals surface area (Å²) in [4.78, 5) is 0.190. The highest BCUT2D eigenvalue weighted by molar-refractivity contribution is 7.86. The Labute approximate surface area is 101 Å². The minimum absolute atomic E-state index is 0.102. The van der Waals surface area contributed by atoms with E-state index in [1.807, 2.05) is 6.92 Å². The number of aliphatic hydroxyl groups excluding tert-OH is 1. The number of hydrogen-bond acceptors (Lipinski definition) is 4. The second-order valence-electron chi connectivity index (χ2n) is 4.51. The van der Waals surface area contributed by atoms with Crippen molar-refractivity contribution < 1.29 is 17.7 Å². The van der Waals surface area contributed by atoms with Crippen molar-refractivity contribution in [3.8, 4) is 0 Å². The molecule has 0 bridgehead atoms. The van der Waals surface area contributed by atoms with Gasteiger partial charge in [-0.2, -0.15) is 8.42 Å². The van der Waals surface area contributed by atoms with E-state index in [1.165, 1.54) is 0 Å². The average molecular weight is 256 g/mol. The van der Waals surface area contributed by atoms with Crippen LogP contribution >= 0.6 is 0 Å². The topological polar surface area (TPSA) is 63.6 Å². The quantitative estimate of drug-likeness (QED) is 0.829. The minimum Gasteiger partial charge on any atom is -0.396 e. The normalized spacial score (nSPS) is 24.4. The van der Waals surface area contributed by atoms with Gasteiger partial charge < -0.3 is 5.11 Å². The molecular weight excluding hydrogens is 240 g/mol. The molecule has 1 aliphatic carbocycles. The van der Waals surface area contributed by atoms with E-state index < -0.39 is 10.1 Å². The first-order valence-corrected chi connectivity index (χ1v) is 7.03. The van der Waals surface area contributed by atoms with Crippen LogP contribution in [0.4, 0.5) is 0 Å². The molecule has 1 aromatic rings. The molecule has 4 nitrogen and oxygen atoms in total. The van der Waals surface area contributed by atoms with Crippen LogP contribution in [0, 0.1) is 12.8 Å². The van der Waals surface area contributed by atoms with Gasteiger partial charge in [0.25, 0.3) is 10.1 Å². The van der Waals surface area contributed by atoms with Gasteiger partial charge in [0.15, 0.2) is 0 Å². The van der Waals surface area contributed by atoms with Crippen molar-refractivity contribution in [2.45, 2.75) is 30.8 Å². The highest BCUT2D eigenvalue weighted by Gasteiger charge is 2.33. The van der Waals surface area contributed by atoms with E-state index in [9.17, 15) is 8.42 Å². The van der Waals surface area contributed by atoms with Crippen LogP contribution in [-0.2, 0) is 14.3 Å². The maximum absolute atomic E-state index is 11.9. The number of aliphatic hydroxyl groups is 1. The Morgan fingerprint density at radius 2 is 1.88 bits per heavy atom. The Morgan fingerprint density at radius 1 is 1.29 bits per heavy atom. The van der Waals surface area contributed by atoms with Crippen LogP contribution in [-0.4, -0.2) is 26.2 Å². The zero-order valence-electron chi connectivity index (χ0n) is 9.67. The summed E-state index contributed by atoms with van der Waals surface area (Å²) < 4.78 is 28.8. The van der Waals surface area contributed by atoms with E-state index in [2.05, 4.69) is 0 Å². The van der Waals surface area contributed by atoms with Crippen LogP contribution in [0.25, 0.3) is 0 Å². The zero-order chi connectivity index (χ0) is 12.5. The highest BCUT2D eigenvalue weighted by atomic mass is 32.2. The number of rotatable bonds is 4. The molecule has 5 heteroatoms. The first kappa shape index (κ1) is 12.5. The third-order valence-corrected chi connectivity index (χ3v) is 4.40. The summed E-state index contributed by atoms with van der Waals surface area (Å²) in [6.07, 6.45) is 0.946. The molecule has 1 aliphatic rings. The predicted molar refractivity (Wildman–Crippen MR) is 63.0 cm³/mol. The van der Waals surface area contributed by atoms with Gasteiger partial charge in [-0.3, -0.25) is 4.18 Å². The van der Waals surface area contributed by atoms with Gasteiger partial charge in [0.2, 0.25) is 0 Å². The van der Waals surface area contributed by atoms with Gasteiger partial charge in [-0.15, -0.1) is 0 Å². The molecule has 2 rings (SSSR count). The molecule has 1 fully saturated rings. The van der Waals surface area contributed by atoms with Crippen LogP contribution in [0.1, 0.15) is 18.4 Å². The Morgan fingerprint density at radius 3 is 2.41 bits per heavy atom. The van der Waals surface area contributed by atoms with E-state index in [1.54, 1.807) is 24.3 Å². The molecular formula is C12H16O4S. The molecule has 0 saturated heterocycles. The standard InChI is InChI=1S/C12H16O4S/c1-9-2-4-12(5-3-9)17(14,15)16-11-6-10(7-11)8-13/h2-5,10-11,13H,6-8H2,1H3/t10-,11-. The van der Waals surface area contributed by atoms with Crippen LogP contribution in [0.3, 0.4) is 0 Å². The average Bonchev–Trinajstić information content (AvgIpc) is 2.23. The first-order chi connectivity index (χ1) is 8.01. The fourth-order valence-corrected chi connectivity index (χ4v) is 2.94. The van der Waals surface area contributed by atoms with Crippen LogP contribution in [0.2, 0.25) is 0 Å². The summed E-state index contributed by atoms with van der Waals surface area (Å²) in [7, 11) is -3.65. The Bertz CT molecular complexity index is 472. The largest absolute Gasteiger partial charge is 0.396 e. The Balaban J connectivity index is 2.02. The molecule has 17 heavy (non-hydrogen) atoms. The van der Waals surface area contributed by atoms with Crippen molar-refractivity contribution in [2.75, 3.05) is 6.61 Å². The maximum atomic E-state index is 11.9. The van der Waals surface area contributed by atoms with Gasteiger partial charge in [-0.05, 0) is 37.8 Å². The molecule has 1 N–H and O–H groups in total. The first-order valence-electron chi connectivity index (χ1n) is 5.62. The van der Waals surface area contributed by atoms with E-state index >= 15 is 0 Å². The SMILES string of the molecule is Cc1ccc(S(=O)(=O)O[C@H]2C[C@H](CO)C2)cc1. The van der Waals surface area contributed by atoms with E-state index in [-0.39, 0.29) is 23.5 Å². The van der Waals surface area contributed by atoms with Crippen LogP contribution < -0.4 is 0 Å². The summed E-state index contributed by atoms with van der Waals surface area (Å²) >= 11 is 0. The van der Waals surface area contributed by atoms with Crippen LogP contribution in [0.15, 0.2) is 29.2 Å². The lowest BCUT2D eigenvalue weighted by molar-refractivity contribution is 0.0368. The Kier molecular flexibility index (Phi) is 3.51. The van der Waals surface area contributed by atoms with Gasteiger partial charge in [-0.1, -0.05) is 17.7 Å². The maximum Gasteiger partial charge on any atom is 0.297 e. The minimum atomic E-state index is -3.65. The van der Waals surface area contributed by atoms with Crippen molar-refractivity contribution >= 4 is 10.1 Å². The van der Waals surface area contributed by atoms with Gasteiger partial charge >= 0.3 is 0 Å². The van der Waals surface area contributed by atoms with Crippen molar-refractivity contribution in [3.05, 3.63) is 29.8 Å². The summed E-state index contributed by atoms with van der Waals surface area (Å²) in [6.45, 7) is 2.00. The van der Waals surface area contributed by atoms with Crippen molar-refractivity contribution in [1.82, 2.24) is 0 Å². The van der Waals surface area contributed by atoms with E-state index in [0.717, 1.165) is 5.56 Å². The second-order valence-corrected chi connectivity index (χ2v) is 6.08. The molecule has 0 aliphatic heterocycles. The third-order valence-electron chi connectivity index (χ3n) is 3.02. The fourth-order valence-electron chi connectivity index (χ4n) is 1.84. The molecule has 0 unspecified atom stereocenters. The molecule has 1 saturated carbocycles. The molecule has 1 aromatic carbocycles. The zero-order valence-corrected chi connectivity index (χ0v) is 10.5. The van der Waals surface area contributed by atoms with Crippen molar-refractivity contribution in [2.24, 2.45) is 5.92 Å². The van der Waals surface area contributed by atoms with Gasteiger partial charge in [0, 0.05) is 6.61 Å². The van der Waals surface area contributed by atoms with Crippen molar-refractivity contribution in [3.63, 3.8) is 0 Å². The summed E-state index contributed by atoms with van der Waals surface area (Å²) in [5.41, 5.74) is 1.01. The van der Waals surface area contributed by atoms with Crippen molar-refractivity contribution in [1.29, 1.82) is 0 Å². The number of benzene rings is 1. The highest BCUT2D eigenvalue weighted by Crippen LogP contribution is 2.32. The monoisotopic (exact) mass is 256 g/mol. The summed E-state index contributed by atoms with van der Waals surface area (Å²) in [6, 6.07) is 6.58. The fraction of sp³-hybridized carbons (Fsp3) is 0.500. The van der Waals surface area contributed by atoms with Gasteiger partial charge in [0.05, 0.1) is 11.0 Å². The lowest BCUT2D eigenvalue weighted by atomic mass is 9.83. The van der Waals surface area contributed by atoms with Gasteiger partial charge in [0.1, 0.15) is 0 Å². The lowest BCUT2D eigenvalue weighted by Gasteiger charge is -2.32. The molecule has 0 aromatic heterocycles. The summed E-state index contributed by atoms with van der Waals surface area (Å²) in [5.74, 6) is 0.188. The van der Waals surface area contributed by atoms with E-state index in [0.29, 0.717) is 12.8 Å². The lowest BCUT2D eigenvalue weighted by Crippen LogP contribution is -2.35. The summed E-state index contributed by atoms with van der Waals surface area (Å²) in [5, 5.41) is 8.84. The molecule has 0 spiro atoms. The molecule has 94 valence electrons. The predicted octanol–water partition coefficient (Wildman–Crippen LogP) is 1.47. The molecule has 0 amide bonds. The smallest absolute Gasteiger partial charge is 0.297 e. The Hall–Kier alpha value is -0.910.